The molecule has 0 spiro atoms. The second kappa shape index (κ2) is 5.19. The van der Waals surface area contributed by atoms with Crippen molar-refractivity contribution in [1.82, 2.24) is 14.9 Å². The Hall–Kier alpha value is -1.80. The number of alkyl halides is 5. The largest absolute Gasteiger partial charge is 0.471 e. The lowest BCUT2D eigenvalue weighted by Gasteiger charge is -2.39. The third kappa shape index (κ3) is 3.64. The van der Waals surface area contributed by atoms with Gasteiger partial charge in [-0.05, 0) is 17.9 Å². The fraction of sp³-hybridized carbons (Fsp3) is 0.583. The Bertz CT molecular complexity index is 517. The standard InChI is InChI=1S/C12H12F5N3O/c1-11(13,14)9-18-3-7(4-19-9)2-8-5-20(6-8)10(21)12(15,16)17/h3-4,8H,2,5-6H2,1H3. The molecule has 0 N–H and O–H groups in total. The molecule has 2 heterocycles. The van der Waals surface area contributed by atoms with Gasteiger partial charge in [0, 0.05) is 32.4 Å². The molecule has 1 saturated heterocycles. The smallest absolute Gasteiger partial charge is 0.334 e. The number of likely N-dealkylation sites (tertiary alicyclic amines) is 1. The van der Waals surface area contributed by atoms with E-state index in [4.69, 9.17) is 0 Å². The van der Waals surface area contributed by atoms with E-state index in [0.29, 0.717) is 23.8 Å². The molecule has 2 rings (SSSR count). The van der Waals surface area contributed by atoms with Crippen LogP contribution in [0.4, 0.5) is 22.0 Å². The molecule has 4 nitrogen and oxygen atoms in total. The van der Waals surface area contributed by atoms with Gasteiger partial charge in [-0.2, -0.15) is 22.0 Å². The zero-order valence-corrected chi connectivity index (χ0v) is 11.0. The Kier molecular flexibility index (Phi) is 3.85. The fourth-order valence-corrected chi connectivity index (χ4v) is 2.06. The van der Waals surface area contributed by atoms with Gasteiger partial charge in [0.05, 0.1) is 0 Å². The lowest BCUT2D eigenvalue weighted by atomic mass is 9.93. The molecule has 116 valence electrons. The van der Waals surface area contributed by atoms with Crippen molar-refractivity contribution in [3.8, 4) is 0 Å². The van der Waals surface area contributed by atoms with Gasteiger partial charge in [-0.1, -0.05) is 0 Å². The van der Waals surface area contributed by atoms with Gasteiger partial charge in [0.1, 0.15) is 0 Å². The van der Waals surface area contributed by atoms with Gasteiger partial charge in [0.15, 0.2) is 5.82 Å². The van der Waals surface area contributed by atoms with E-state index in [1.54, 1.807) is 0 Å². The van der Waals surface area contributed by atoms with Gasteiger partial charge in [-0.15, -0.1) is 0 Å². The van der Waals surface area contributed by atoms with E-state index in [1.165, 1.54) is 12.4 Å². The molecule has 0 radical (unpaired) electrons. The summed E-state index contributed by atoms with van der Waals surface area (Å²) in [6.07, 6.45) is -2.05. The molecule has 1 fully saturated rings. The third-order valence-electron chi connectivity index (χ3n) is 3.11. The second-order valence-corrected chi connectivity index (χ2v) is 5.08. The van der Waals surface area contributed by atoms with Gasteiger partial charge in [-0.3, -0.25) is 4.79 Å². The Morgan fingerprint density at radius 1 is 1.24 bits per heavy atom. The summed E-state index contributed by atoms with van der Waals surface area (Å²) in [6.45, 7) is 0.655. The average Bonchev–Trinajstić information content (AvgIpc) is 2.30. The molecule has 9 heteroatoms. The van der Waals surface area contributed by atoms with E-state index in [-0.39, 0.29) is 19.0 Å². The number of hydrogen-bond acceptors (Lipinski definition) is 3. The first-order valence-electron chi connectivity index (χ1n) is 6.12. The highest BCUT2D eigenvalue weighted by molar-refractivity contribution is 5.82. The van der Waals surface area contributed by atoms with Crippen LogP contribution < -0.4 is 0 Å². The quantitative estimate of drug-likeness (QED) is 0.804. The highest BCUT2D eigenvalue weighted by Gasteiger charge is 2.46. The van der Waals surface area contributed by atoms with Gasteiger partial charge in [-0.25, -0.2) is 9.97 Å². The van der Waals surface area contributed by atoms with Crippen LogP contribution in [-0.4, -0.2) is 40.0 Å². The SMILES string of the molecule is CC(F)(F)c1ncc(CC2CN(C(=O)C(F)(F)F)C2)cn1. The fourth-order valence-electron chi connectivity index (χ4n) is 2.06. The van der Waals surface area contributed by atoms with Crippen molar-refractivity contribution in [1.29, 1.82) is 0 Å². The minimum absolute atomic E-state index is 0.00989. The summed E-state index contributed by atoms with van der Waals surface area (Å²) >= 11 is 0. The van der Waals surface area contributed by atoms with Crippen LogP contribution in [0.5, 0.6) is 0 Å². The maximum atomic E-state index is 12.9. The first-order valence-corrected chi connectivity index (χ1v) is 6.12. The Morgan fingerprint density at radius 3 is 2.19 bits per heavy atom. The second-order valence-electron chi connectivity index (χ2n) is 5.08. The summed E-state index contributed by atoms with van der Waals surface area (Å²) in [5.41, 5.74) is 0.548. The van der Waals surface area contributed by atoms with Gasteiger partial charge in [0.2, 0.25) is 0 Å². The summed E-state index contributed by atoms with van der Waals surface area (Å²) in [5.74, 6) is -5.73. The van der Waals surface area contributed by atoms with E-state index < -0.39 is 23.8 Å². The van der Waals surface area contributed by atoms with Gasteiger partial charge in [0.25, 0.3) is 0 Å². The lowest BCUT2D eigenvalue weighted by molar-refractivity contribution is -0.191. The molecular weight excluding hydrogens is 297 g/mol. The molecule has 21 heavy (non-hydrogen) atoms. The number of amides is 1. The van der Waals surface area contributed by atoms with Crippen molar-refractivity contribution in [2.45, 2.75) is 25.4 Å². The number of carbonyl (C=O) groups is 1. The number of halogens is 5. The molecule has 0 atom stereocenters. The molecule has 0 saturated carbocycles. The monoisotopic (exact) mass is 309 g/mol. The van der Waals surface area contributed by atoms with E-state index in [2.05, 4.69) is 9.97 Å². The van der Waals surface area contributed by atoms with Crippen LogP contribution in [0.3, 0.4) is 0 Å². The first kappa shape index (κ1) is 15.6. The highest BCUT2D eigenvalue weighted by Crippen LogP contribution is 2.27. The van der Waals surface area contributed by atoms with Crippen LogP contribution in [-0.2, 0) is 17.1 Å². The summed E-state index contributed by atoms with van der Waals surface area (Å²) in [6, 6.07) is 0. The van der Waals surface area contributed by atoms with E-state index in [9.17, 15) is 26.7 Å². The van der Waals surface area contributed by atoms with Crippen molar-refractivity contribution in [3.63, 3.8) is 0 Å². The minimum atomic E-state index is -4.86. The maximum Gasteiger partial charge on any atom is 0.471 e. The zero-order valence-electron chi connectivity index (χ0n) is 11.0. The van der Waals surface area contributed by atoms with Crippen molar-refractivity contribution in [2.75, 3.05) is 13.1 Å². The molecule has 0 aliphatic carbocycles. The molecule has 1 aromatic heterocycles. The Morgan fingerprint density at radius 2 is 1.76 bits per heavy atom. The van der Waals surface area contributed by atoms with Crippen molar-refractivity contribution < 1.29 is 26.7 Å². The van der Waals surface area contributed by atoms with Crippen molar-refractivity contribution >= 4 is 5.91 Å². The van der Waals surface area contributed by atoms with E-state index in [1.807, 2.05) is 0 Å². The number of hydrogen-bond donors (Lipinski definition) is 0. The van der Waals surface area contributed by atoms with Crippen LogP contribution in [0.1, 0.15) is 18.3 Å². The number of nitrogens with zero attached hydrogens (tertiary/aromatic N) is 3. The lowest BCUT2D eigenvalue weighted by Crippen LogP contribution is -2.54. The topological polar surface area (TPSA) is 46.1 Å². The van der Waals surface area contributed by atoms with Crippen LogP contribution in [0.2, 0.25) is 0 Å². The molecule has 1 aliphatic rings. The normalized spacial score (nSPS) is 16.8. The summed E-state index contributed by atoms with van der Waals surface area (Å²) in [4.78, 5) is 18.7. The molecule has 1 aromatic rings. The predicted octanol–water partition coefficient (Wildman–Crippen LogP) is 2.15. The summed E-state index contributed by atoms with van der Waals surface area (Å²) < 4.78 is 62.2. The average molecular weight is 309 g/mol. The molecule has 1 amide bonds. The molecule has 1 aliphatic heterocycles. The Labute approximate surface area is 117 Å². The number of aromatic nitrogens is 2. The van der Waals surface area contributed by atoms with Gasteiger partial charge >= 0.3 is 18.0 Å². The van der Waals surface area contributed by atoms with E-state index in [0.717, 1.165) is 0 Å². The first-order chi connectivity index (χ1) is 9.57. The molecule has 0 unspecified atom stereocenters. The van der Waals surface area contributed by atoms with Crippen LogP contribution in [0.15, 0.2) is 12.4 Å². The van der Waals surface area contributed by atoms with Crippen molar-refractivity contribution in [3.05, 3.63) is 23.8 Å². The zero-order chi connectivity index (χ0) is 15.8. The summed E-state index contributed by atoms with van der Waals surface area (Å²) in [5, 5.41) is 0. The van der Waals surface area contributed by atoms with Crippen LogP contribution >= 0.6 is 0 Å². The highest BCUT2D eigenvalue weighted by atomic mass is 19.4. The Balaban J connectivity index is 1.87. The number of carbonyl (C=O) groups excluding carboxylic acids is 1. The van der Waals surface area contributed by atoms with Gasteiger partial charge < -0.3 is 4.90 Å². The molecule has 0 aromatic carbocycles. The van der Waals surface area contributed by atoms with Crippen molar-refractivity contribution in [2.24, 2.45) is 5.92 Å². The molecule has 0 bridgehead atoms. The van der Waals surface area contributed by atoms with Crippen LogP contribution in [0.25, 0.3) is 0 Å². The van der Waals surface area contributed by atoms with Crippen LogP contribution in [0, 0.1) is 5.92 Å². The van der Waals surface area contributed by atoms with E-state index >= 15 is 0 Å². The maximum absolute atomic E-state index is 12.9. The molecular formula is C12H12F5N3O. The number of rotatable bonds is 3. The summed E-state index contributed by atoms with van der Waals surface area (Å²) in [7, 11) is 0. The third-order valence-corrected chi connectivity index (χ3v) is 3.11. The predicted molar refractivity (Wildman–Crippen MR) is 61.4 cm³/mol. The minimum Gasteiger partial charge on any atom is -0.334 e.